The summed E-state index contributed by atoms with van der Waals surface area (Å²) in [6.45, 7) is 3.85. The van der Waals surface area contributed by atoms with Crippen LogP contribution < -0.4 is 5.32 Å². The summed E-state index contributed by atoms with van der Waals surface area (Å²) in [6, 6.07) is 2.06. The van der Waals surface area contributed by atoms with Gasteiger partial charge < -0.3 is 29.5 Å². The van der Waals surface area contributed by atoms with E-state index < -0.39 is 42.2 Å². The monoisotopic (exact) mass is 493 g/mol. The number of amides is 2. The van der Waals surface area contributed by atoms with Crippen LogP contribution in [0.15, 0.2) is 33.4 Å². The van der Waals surface area contributed by atoms with Gasteiger partial charge in [0.1, 0.15) is 17.5 Å². The van der Waals surface area contributed by atoms with Crippen LogP contribution in [-0.4, -0.2) is 79.5 Å². The first kappa shape index (κ1) is 24.3. The van der Waals surface area contributed by atoms with E-state index in [1.165, 1.54) is 34.7 Å². The highest BCUT2D eigenvalue weighted by molar-refractivity contribution is 8.03. The Bertz CT molecular complexity index is 1010. The van der Waals surface area contributed by atoms with E-state index in [2.05, 4.69) is 5.32 Å². The zero-order valence-corrected chi connectivity index (χ0v) is 19.5. The minimum Gasteiger partial charge on any atom is -0.481 e. The first-order valence-corrected chi connectivity index (χ1v) is 11.9. The van der Waals surface area contributed by atoms with Crippen LogP contribution in [-0.2, 0) is 19.2 Å². The second kappa shape index (κ2) is 9.43. The van der Waals surface area contributed by atoms with Gasteiger partial charge in [0.15, 0.2) is 0 Å². The summed E-state index contributed by atoms with van der Waals surface area (Å²) in [7, 11) is 0. The van der Waals surface area contributed by atoms with E-state index in [0.717, 1.165) is 0 Å². The molecule has 1 aromatic heterocycles. The second-order valence-corrected chi connectivity index (χ2v) is 10.2. The number of aliphatic hydroxyl groups is 1. The van der Waals surface area contributed by atoms with Crippen LogP contribution in [0.4, 0.5) is 0 Å². The fraction of sp³-hybridized carbons (Fsp3) is 0.545. The molecule has 0 bridgehead atoms. The molecule has 34 heavy (non-hydrogen) atoms. The fourth-order valence-electron chi connectivity index (χ4n) is 5.22. The average molecular weight is 494 g/mol. The topological polar surface area (TPSA) is 161 Å². The van der Waals surface area contributed by atoms with Crippen LogP contribution in [0.1, 0.15) is 38.5 Å². The molecule has 4 N–H and O–H groups in total. The van der Waals surface area contributed by atoms with Crippen molar-refractivity contribution in [3.63, 3.8) is 0 Å². The molecule has 2 amide bonds. The van der Waals surface area contributed by atoms with Crippen LogP contribution >= 0.6 is 11.8 Å². The third-order valence-electron chi connectivity index (χ3n) is 6.75. The first-order chi connectivity index (χ1) is 16.1. The Morgan fingerprint density at radius 2 is 2.15 bits per heavy atom. The molecule has 0 saturated carbocycles. The van der Waals surface area contributed by atoms with E-state index in [1.807, 2.05) is 6.92 Å². The highest BCUT2D eigenvalue weighted by Gasteiger charge is 2.60. The lowest BCUT2D eigenvalue weighted by atomic mass is 9.79. The number of furan rings is 1. The lowest BCUT2D eigenvalue weighted by Gasteiger charge is -2.46. The van der Waals surface area contributed by atoms with Crippen LogP contribution in [0.2, 0.25) is 0 Å². The largest absolute Gasteiger partial charge is 0.481 e. The summed E-state index contributed by atoms with van der Waals surface area (Å²) in [6.07, 6.45) is 0.787. The molecule has 12 heteroatoms. The molecule has 184 valence electrons. The molecular weight excluding hydrogens is 466 g/mol. The fourth-order valence-corrected chi connectivity index (χ4v) is 6.69. The number of nitrogens with zero attached hydrogens (tertiary/aromatic N) is 2. The van der Waals surface area contributed by atoms with Gasteiger partial charge >= 0.3 is 11.9 Å². The van der Waals surface area contributed by atoms with Crippen LogP contribution in [0.25, 0.3) is 0 Å². The number of aliphatic carboxylic acids is 2. The Balaban J connectivity index is 1.51. The molecule has 4 heterocycles. The lowest BCUT2D eigenvalue weighted by molar-refractivity contribution is -0.163. The van der Waals surface area contributed by atoms with Gasteiger partial charge in [-0.25, -0.2) is 4.79 Å². The van der Waals surface area contributed by atoms with Gasteiger partial charge in [-0.1, -0.05) is 6.92 Å². The molecule has 0 aromatic carbocycles. The van der Waals surface area contributed by atoms with Crippen molar-refractivity contribution in [3.05, 3.63) is 34.8 Å². The molecular formula is C22H27N3O8S. The predicted molar refractivity (Wildman–Crippen MR) is 119 cm³/mol. The molecule has 3 aliphatic heterocycles. The third-order valence-corrected chi connectivity index (χ3v) is 8.26. The maximum atomic E-state index is 12.5. The molecule has 1 aromatic rings. The molecule has 0 spiro atoms. The van der Waals surface area contributed by atoms with E-state index >= 15 is 0 Å². The Morgan fingerprint density at radius 3 is 2.71 bits per heavy atom. The third kappa shape index (κ3) is 4.10. The molecule has 4 rings (SSSR count). The summed E-state index contributed by atoms with van der Waals surface area (Å²) >= 11 is 1.36. The zero-order valence-electron chi connectivity index (χ0n) is 18.7. The van der Waals surface area contributed by atoms with E-state index in [1.54, 1.807) is 12.1 Å². The SMILES string of the molecule is C[C@@H](O)[C@H]1C(=O)N2C(C(=O)O)=C(S[C@@H]3CN[C@@H](N(C=O)C(CC(=O)O)c4ccco4)C3)[C@H](C)[C@H]12. The number of carbonyl (C=O) groups is 4. The first-order valence-electron chi connectivity index (χ1n) is 11.0. The number of carboxylic acid groups (broad SMARTS) is 2. The predicted octanol–water partition coefficient (Wildman–Crippen LogP) is 0.829. The van der Waals surface area contributed by atoms with E-state index in [0.29, 0.717) is 30.0 Å². The van der Waals surface area contributed by atoms with Gasteiger partial charge in [-0.15, -0.1) is 11.8 Å². The number of nitrogens with one attached hydrogen (secondary N) is 1. The molecule has 3 aliphatic rings. The minimum atomic E-state index is -1.19. The van der Waals surface area contributed by atoms with Crippen LogP contribution in [0.5, 0.6) is 0 Å². The maximum absolute atomic E-state index is 12.5. The summed E-state index contributed by atoms with van der Waals surface area (Å²) in [5.74, 6) is -3.17. The molecule has 7 atom stereocenters. The molecule has 1 unspecified atom stereocenters. The van der Waals surface area contributed by atoms with E-state index in [9.17, 15) is 34.5 Å². The quantitative estimate of drug-likeness (QED) is 0.271. The van der Waals surface area contributed by atoms with Crippen molar-refractivity contribution in [2.75, 3.05) is 6.54 Å². The van der Waals surface area contributed by atoms with Crippen molar-refractivity contribution >= 4 is 36.0 Å². The van der Waals surface area contributed by atoms with Gasteiger partial charge in [0.05, 0.1) is 36.9 Å². The van der Waals surface area contributed by atoms with Crippen LogP contribution in [0, 0.1) is 11.8 Å². The van der Waals surface area contributed by atoms with Crippen LogP contribution in [0.3, 0.4) is 0 Å². The number of aliphatic hydroxyl groups excluding tert-OH is 1. The van der Waals surface area contributed by atoms with Crippen molar-refractivity contribution in [1.29, 1.82) is 0 Å². The number of carboxylic acids is 2. The normalized spacial score (nSPS) is 30.0. The maximum Gasteiger partial charge on any atom is 0.353 e. The molecule has 2 fully saturated rings. The Morgan fingerprint density at radius 1 is 1.41 bits per heavy atom. The number of β-lactam (4-membered cyclic amide) rings is 1. The van der Waals surface area contributed by atoms with Crippen molar-refractivity contribution in [1.82, 2.24) is 15.1 Å². The number of rotatable bonds is 10. The Kier molecular flexibility index (Phi) is 6.74. The smallest absolute Gasteiger partial charge is 0.353 e. The summed E-state index contributed by atoms with van der Waals surface area (Å²) in [4.78, 5) is 51.2. The van der Waals surface area contributed by atoms with Crippen molar-refractivity contribution in [3.8, 4) is 0 Å². The molecule has 0 aliphatic carbocycles. The van der Waals surface area contributed by atoms with Gasteiger partial charge in [-0.3, -0.25) is 19.7 Å². The number of fused-ring (bicyclic) bond motifs is 1. The van der Waals surface area contributed by atoms with Gasteiger partial charge in [-0.2, -0.15) is 0 Å². The van der Waals surface area contributed by atoms with Gasteiger partial charge in [0.2, 0.25) is 12.3 Å². The second-order valence-electron chi connectivity index (χ2n) is 8.85. The zero-order chi connectivity index (χ0) is 24.7. The van der Waals surface area contributed by atoms with Gasteiger partial charge in [-0.05, 0) is 25.5 Å². The number of hydrogen-bond donors (Lipinski definition) is 4. The van der Waals surface area contributed by atoms with Crippen molar-refractivity contribution < 1.29 is 38.9 Å². The summed E-state index contributed by atoms with van der Waals surface area (Å²) in [5, 5.41) is 32.3. The van der Waals surface area contributed by atoms with Crippen molar-refractivity contribution in [2.45, 2.75) is 56.3 Å². The molecule has 2 saturated heterocycles. The Hall–Kier alpha value is -2.83. The number of carbonyl (C=O) groups excluding carboxylic acids is 2. The van der Waals surface area contributed by atoms with Gasteiger partial charge in [0.25, 0.3) is 0 Å². The lowest BCUT2D eigenvalue weighted by Crippen LogP contribution is -2.63. The molecule has 0 radical (unpaired) electrons. The summed E-state index contributed by atoms with van der Waals surface area (Å²) in [5.41, 5.74) is -0.0422. The summed E-state index contributed by atoms with van der Waals surface area (Å²) < 4.78 is 5.37. The van der Waals surface area contributed by atoms with E-state index in [4.69, 9.17) is 4.42 Å². The highest BCUT2D eigenvalue weighted by atomic mass is 32.2. The highest BCUT2D eigenvalue weighted by Crippen LogP contribution is 2.52. The molecule has 11 nitrogen and oxygen atoms in total. The number of thioether (sulfide) groups is 1. The van der Waals surface area contributed by atoms with Gasteiger partial charge in [0, 0.05) is 22.6 Å². The average Bonchev–Trinajstić information content (AvgIpc) is 3.48. The standard InChI is InChI=1S/C22H27N3O8S/c1-10-18-17(11(2)27)21(30)25(18)19(22(31)32)20(10)34-12-6-15(23-8-12)24(9-26)13(7-16(28)29)14-4-3-5-33-14/h3-5,9-13,15,17-18,23,27H,6-8H2,1-2H3,(H,28,29)(H,31,32)/t10-,11-,12+,13?,15+,17-,18-/m1/s1. The number of hydrogen-bond acceptors (Lipinski definition) is 8. The van der Waals surface area contributed by atoms with Crippen molar-refractivity contribution in [2.24, 2.45) is 11.8 Å². The minimum absolute atomic E-state index is 0.0422. The Labute approximate surface area is 199 Å². The van der Waals surface area contributed by atoms with E-state index in [-0.39, 0.29) is 29.2 Å².